The third kappa shape index (κ3) is 6.68. The van der Waals surface area contributed by atoms with Crippen LogP contribution in [0.15, 0.2) is 46.3 Å². The van der Waals surface area contributed by atoms with Crippen molar-refractivity contribution >= 4 is 75.3 Å². The smallest absolute Gasteiger partial charge is 0.479 e. The fraction of sp³-hybridized carbons (Fsp3) is 0.182. The minimum absolute atomic E-state index is 0.0198. The van der Waals surface area contributed by atoms with Crippen LogP contribution in [0.1, 0.15) is 11.3 Å². The summed E-state index contributed by atoms with van der Waals surface area (Å²) in [4.78, 5) is 78.7. The Bertz CT molecular complexity index is 1640. The van der Waals surface area contributed by atoms with Gasteiger partial charge in [-0.2, -0.15) is 0 Å². The van der Waals surface area contributed by atoms with Crippen molar-refractivity contribution in [2.24, 2.45) is 5.16 Å². The summed E-state index contributed by atoms with van der Waals surface area (Å²) in [7, 11) is 0. The Morgan fingerprint density at radius 1 is 1.23 bits per heavy atom. The first-order valence-electron chi connectivity index (χ1n) is 11.5. The summed E-state index contributed by atoms with van der Waals surface area (Å²) < 4.78 is 4.85. The number of allylic oxidation sites excluding steroid dienone is 1. The van der Waals surface area contributed by atoms with Crippen LogP contribution < -0.4 is 11.1 Å². The molecule has 1 aromatic carbocycles. The van der Waals surface area contributed by atoms with Crippen molar-refractivity contribution in [3.63, 3.8) is 0 Å². The molecule has 0 radical (unpaired) electrons. The van der Waals surface area contributed by atoms with Crippen LogP contribution in [0.5, 0.6) is 0 Å². The molecule has 1 aromatic heterocycles. The number of β-lactam (4-membered cyclic amide) rings is 1. The number of nitrogens with one attached hydrogen (secondary N) is 1. The molecule has 224 valence electrons. The summed E-state index contributed by atoms with van der Waals surface area (Å²) in [5.41, 5.74) is 4.10. The van der Waals surface area contributed by atoms with Crippen molar-refractivity contribution in [1.82, 2.24) is 15.2 Å². The van der Waals surface area contributed by atoms with Gasteiger partial charge in [-0.15, -0.1) is 23.1 Å². The van der Waals surface area contributed by atoms with E-state index in [9.17, 15) is 44.5 Å². The van der Waals surface area contributed by atoms with E-state index < -0.39 is 74.8 Å². The summed E-state index contributed by atoms with van der Waals surface area (Å²) >= 11 is 2.06. The highest BCUT2D eigenvalue weighted by molar-refractivity contribution is 8.00. The number of non-ortho nitro benzene ring substituents is 1. The molecule has 0 bridgehead atoms. The van der Waals surface area contributed by atoms with E-state index in [-0.39, 0.29) is 27.7 Å². The van der Waals surface area contributed by atoms with Crippen molar-refractivity contribution in [2.45, 2.75) is 11.4 Å². The van der Waals surface area contributed by atoms with E-state index in [0.29, 0.717) is 0 Å². The first-order valence-corrected chi connectivity index (χ1v) is 13.4. The molecule has 43 heavy (non-hydrogen) atoms. The van der Waals surface area contributed by atoms with Crippen LogP contribution in [0.2, 0.25) is 0 Å². The average molecular weight is 636 g/mol. The Labute approximate surface area is 246 Å². The fourth-order valence-electron chi connectivity index (χ4n) is 3.79. The highest BCUT2D eigenvalue weighted by atomic mass is 32.2. The third-order valence-electron chi connectivity index (χ3n) is 5.63. The molecule has 2 aliphatic rings. The van der Waals surface area contributed by atoms with Crippen molar-refractivity contribution < 1.29 is 48.8 Å². The van der Waals surface area contributed by atoms with Crippen molar-refractivity contribution in [1.29, 1.82) is 0 Å². The number of nitrogens with two attached hydrogens (primary N) is 1. The molecule has 4 rings (SSSR count). The van der Waals surface area contributed by atoms with Crippen molar-refractivity contribution in [3.8, 4) is 0 Å². The lowest BCUT2D eigenvalue weighted by molar-refractivity contribution is -0.394. The van der Waals surface area contributed by atoms with Gasteiger partial charge >= 0.3 is 12.1 Å². The molecular formula is C22H17N7O12S2. The van der Waals surface area contributed by atoms with Crippen LogP contribution in [0.4, 0.5) is 21.3 Å². The number of benzene rings is 1. The maximum Gasteiger partial charge on any atom is 0.512 e. The summed E-state index contributed by atoms with van der Waals surface area (Å²) in [5, 5.41) is 47.0. The van der Waals surface area contributed by atoms with Crippen LogP contribution in [-0.2, 0) is 24.0 Å². The minimum Gasteiger partial charge on any atom is -0.479 e. The molecule has 3 heterocycles. The number of nitrogen functional groups attached to an aromatic ring is 1. The lowest BCUT2D eigenvalue weighted by atomic mass is 10.0. The van der Waals surface area contributed by atoms with Crippen LogP contribution in [0.3, 0.4) is 0 Å². The van der Waals surface area contributed by atoms with E-state index >= 15 is 0 Å². The number of nitro groups is 2. The van der Waals surface area contributed by atoms with Gasteiger partial charge in [0.2, 0.25) is 12.5 Å². The van der Waals surface area contributed by atoms with Gasteiger partial charge in [0, 0.05) is 22.8 Å². The van der Waals surface area contributed by atoms with Gasteiger partial charge in [0.25, 0.3) is 23.2 Å². The number of hydrogen-bond donors (Lipinski definition) is 4. The molecule has 0 spiro atoms. The molecule has 0 saturated carbocycles. The van der Waals surface area contributed by atoms with Gasteiger partial charge < -0.3 is 30.8 Å². The fourth-order valence-corrected chi connectivity index (χ4v) is 5.63. The molecule has 19 nitrogen and oxygen atoms in total. The average Bonchev–Trinajstić information content (AvgIpc) is 3.37. The number of aliphatic carboxylic acids is 1. The quantitative estimate of drug-likeness (QED) is 0.0891. The Morgan fingerprint density at radius 2 is 1.98 bits per heavy atom. The molecule has 1 fully saturated rings. The largest absolute Gasteiger partial charge is 0.512 e. The van der Waals surface area contributed by atoms with Gasteiger partial charge in [-0.1, -0.05) is 11.2 Å². The zero-order valence-electron chi connectivity index (χ0n) is 21.1. The molecule has 0 aliphatic carbocycles. The van der Waals surface area contributed by atoms with Crippen molar-refractivity contribution in [2.75, 3.05) is 18.1 Å². The number of oxime groups is 1. The number of anilines is 1. The predicted molar refractivity (Wildman–Crippen MR) is 147 cm³/mol. The maximum atomic E-state index is 13.1. The Balaban J connectivity index is 1.58. The van der Waals surface area contributed by atoms with Crippen LogP contribution >= 0.6 is 23.1 Å². The highest BCUT2D eigenvalue weighted by Gasteiger charge is 2.54. The SMILES string of the molecule is Nc1nc(C(=NOCC(=O)O)C(=O)NC2C(=O)N3C(OC(=O)O)=C(C=Cc4ccc([N+](=O)[O-])cc4[N+](=O)[O-])CS[C@@H]23)cs1. The summed E-state index contributed by atoms with van der Waals surface area (Å²) in [5.74, 6) is -3.49. The maximum absolute atomic E-state index is 13.1. The summed E-state index contributed by atoms with van der Waals surface area (Å²) in [6.45, 7) is -0.870. The van der Waals surface area contributed by atoms with E-state index in [4.69, 9.17) is 15.6 Å². The molecule has 2 atom stereocenters. The number of rotatable bonds is 11. The monoisotopic (exact) mass is 635 g/mol. The zero-order chi connectivity index (χ0) is 31.4. The van der Waals surface area contributed by atoms with Gasteiger partial charge in [-0.25, -0.2) is 14.6 Å². The van der Waals surface area contributed by atoms with E-state index in [1.807, 2.05) is 0 Å². The van der Waals surface area contributed by atoms with Crippen molar-refractivity contribution in [3.05, 3.63) is 72.6 Å². The predicted octanol–water partition coefficient (Wildman–Crippen LogP) is 1.37. The molecule has 2 aliphatic heterocycles. The normalized spacial score (nSPS) is 18.1. The molecule has 5 N–H and O–H groups in total. The molecule has 2 amide bonds. The summed E-state index contributed by atoms with van der Waals surface area (Å²) in [6.07, 6.45) is 0.720. The van der Waals surface area contributed by atoms with Gasteiger partial charge in [0.05, 0.1) is 21.5 Å². The number of ether oxygens (including phenoxy) is 1. The van der Waals surface area contributed by atoms with Crippen LogP contribution in [0.25, 0.3) is 6.08 Å². The van der Waals surface area contributed by atoms with Gasteiger partial charge in [-0.05, 0) is 12.1 Å². The molecule has 1 unspecified atom stereocenters. The number of amides is 2. The lowest BCUT2D eigenvalue weighted by Crippen LogP contribution is -2.70. The number of nitrogens with zero attached hydrogens (tertiary/aromatic N) is 5. The number of aromatic nitrogens is 1. The first kappa shape index (κ1) is 30.4. The second-order valence-electron chi connectivity index (χ2n) is 8.33. The number of carbonyl (C=O) groups is 4. The van der Waals surface area contributed by atoms with Gasteiger partial charge in [-0.3, -0.25) is 34.7 Å². The van der Waals surface area contributed by atoms with E-state index in [0.717, 1.165) is 46.2 Å². The zero-order valence-corrected chi connectivity index (χ0v) is 22.8. The van der Waals surface area contributed by atoms with E-state index in [1.54, 1.807) is 0 Å². The number of hydrogen-bond acceptors (Lipinski definition) is 15. The number of thiazole rings is 1. The third-order valence-corrected chi connectivity index (χ3v) is 7.60. The number of carboxylic acids is 1. The number of thioether (sulfide) groups is 1. The molecule has 21 heteroatoms. The summed E-state index contributed by atoms with van der Waals surface area (Å²) in [6, 6.07) is 1.76. The number of nitro benzene ring substituents is 2. The second-order valence-corrected chi connectivity index (χ2v) is 10.3. The first-order chi connectivity index (χ1) is 20.4. The van der Waals surface area contributed by atoms with E-state index in [2.05, 4.69) is 20.3 Å². The number of carbonyl (C=O) groups excluding carboxylic acids is 2. The Morgan fingerprint density at radius 3 is 2.58 bits per heavy atom. The highest BCUT2D eigenvalue weighted by Crippen LogP contribution is 2.41. The lowest BCUT2D eigenvalue weighted by Gasteiger charge is -2.48. The van der Waals surface area contributed by atoms with Crippen LogP contribution in [0, 0.1) is 20.2 Å². The number of fused-ring (bicyclic) bond motifs is 1. The standard InChI is InChI=1S/C22H17N7O12S2/c23-21-24-12(8-43-21)15(26-40-6-14(30)31)17(32)25-16-18(33)27-19(41-22(34)35)10(7-42-20(16)27)2-1-9-3-4-11(28(36)37)5-13(9)29(38)39/h1-5,8,16,20H,6-7H2,(H2,23,24)(H,25,32)(H,30,31)(H,34,35)/t16?,20-/m0/s1. The topological polar surface area (TPSA) is 280 Å². The van der Waals surface area contributed by atoms with Gasteiger partial charge in [0.15, 0.2) is 10.8 Å². The Hall–Kier alpha value is -5.57. The Kier molecular flexibility index (Phi) is 8.85. The number of carboxylic acid groups (broad SMARTS) is 2. The van der Waals surface area contributed by atoms with E-state index in [1.165, 1.54) is 17.5 Å². The van der Waals surface area contributed by atoms with Gasteiger partial charge in [0.1, 0.15) is 17.1 Å². The molecule has 1 saturated heterocycles. The molecule has 2 aromatic rings. The van der Waals surface area contributed by atoms with Crippen LogP contribution in [-0.4, -0.2) is 83.4 Å². The molecular weight excluding hydrogens is 618 g/mol. The minimum atomic E-state index is -1.76. The second kappa shape index (κ2) is 12.5.